The fourth-order valence-electron chi connectivity index (χ4n) is 5.59. The number of hydrogen-bond donors (Lipinski definition) is 2. The van der Waals surface area contributed by atoms with Gasteiger partial charge in [0.1, 0.15) is 48.4 Å². The zero-order chi connectivity index (χ0) is 43.3. The Kier molecular flexibility index (Phi) is 18.4. The van der Waals surface area contributed by atoms with Gasteiger partial charge in [-0.1, -0.05) is 55.1 Å². The number of benzene rings is 4. The summed E-state index contributed by atoms with van der Waals surface area (Å²) in [6, 6.07) is 25.5. The number of hydrogen-bond acceptors (Lipinski definition) is 12. The van der Waals surface area contributed by atoms with Crippen LogP contribution in [0.25, 0.3) is 12.2 Å². The van der Waals surface area contributed by atoms with Crippen molar-refractivity contribution in [3.8, 4) is 23.0 Å². The Bertz CT molecular complexity index is 2130. The van der Waals surface area contributed by atoms with Crippen molar-refractivity contribution in [3.05, 3.63) is 132 Å². The minimum Gasteiger partial charge on any atom is -0.497 e. The van der Waals surface area contributed by atoms with E-state index in [1.54, 1.807) is 68.8 Å². The van der Waals surface area contributed by atoms with Crippen molar-refractivity contribution < 1.29 is 57.1 Å². The standard InChI is InChI=1S/C24H27NO6.C22H23NO6/c1-5-11-30-22(15-23(26)29-4)24(27)25-20-9-7-8-10-21(20)31-16-18-12-17(6-2)13-19(14-18)28-3;1-26-17-11-15-6-5-9-28-20(13-21(24)27-2)22(25)23-18-7-3-4-8-19(18)29-14-16(10-15)12-17/h5-10,12-14,22H,1-2,11,15-16H2,3-4H3,(H,25,27);3-8,10-12,20H,9,13-14H2,1-2H3,(H,23,25)/b;6-5-. The average molecular weight is 823 g/mol. The zero-order valence-electron chi connectivity index (χ0n) is 34.1. The number of ether oxygens (including phenoxy) is 8. The van der Waals surface area contributed by atoms with Crippen molar-refractivity contribution in [2.24, 2.45) is 0 Å². The van der Waals surface area contributed by atoms with Crippen LogP contribution in [0.2, 0.25) is 0 Å². The highest BCUT2D eigenvalue weighted by Gasteiger charge is 2.25. The van der Waals surface area contributed by atoms with Crippen LogP contribution in [0.5, 0.6) is 23.0 Å². The third kappa shape index (κ3) is 14.5. The Morgan fingerprint density at radius 2 is 1.63 bits per heavy atom. The summed E-state index contributed by atoms with van der Waals surface area (Å²) in [5, 5.41) is 5.54. The van der Waals surface area contributed by atoms with Gasteiger partial charge in [-0.15, -0.1) is 6.58 Å². The summed E-state index contributed by atoms with van der Waals surface area (Å²) in [6.45, 7) is 8.17. The largest absolute Gasteiger partial charge is 0.497 e. The lowest BCUT2D eigenvalue weighted by Crippen LogP contribution is -2.33. The monoisotopic (exact) mass is 822 g/mol. The minimum atomic E-state index is -1.02. The van der Waals surface area contributed by atoms with Crippen LogP contribution in [0, 0.1) is 0 Å². The molecule has 316 valence electrons. The van der Waals surface area contributed by atoms with Crippen LogP contribution < -0.4 is 29.6 Å². The molecule has 5 rings (SSSR count). The molecular formula is C46H50N2O12. The third-order valence-corrected chi connectivity index (χ3v) is 8.63. The molecule has 4 aromatic rings. The van der Waals surface area contributed by atoms with E-state index in [0.717, 1.165) is 22.3 Å². The van der Waals surface area contributed by atoms with E-state index in [-0.39, 0.29) is 32.7 Å². The first-order chi connectivity index (χ1) is 29.1. The SMILES string of the molecule is C=CCOC(CC(=O)OC)C(=O)Nc1ccccc1OCc1cc(C=C)cc(OC)c1.COC(=O)CC1OC/C=C\c2cc(cc(OC)c2)COc2ccccc2NC1=O. The van der Waals surface area contributed by atoms with Crippen LogP contribution in [0.4, 0.5) is 11.4 Å². The van der Waals surface area contributed by atoms with Crippen LogP contribution in [0.3, 0.4) is 0 Å². The molecule has 2 bridgehead atoms. The zero-order valence-corrected chi connectivity index (χ0v) is 34.1. The molecular weight excluding hydrogens is 773 g/mol. The van der Waals surface area contributed by atoms with Crippen molar-refractivity contribution in [1.82, 2.24) is 0 Å². The summed E-state index contributed by atoms with van der Waals surface area (Å²) in [4.78, 5) is 48.7. The number of amides is 2. The summed E-state index contributed by atoms with van der Waals surface area (Å²) in [5.74, 6) is 0.373. The molecule has 0 aliphatic carbocycles. The first-order valence-corrected chi connectivity index (χ1v) is 18.8. The van der Waals surface area contributed by atoms with Crippen LogP contribution in [0.15, 0.2) is 110 Å². The number of rotatable bonds is 15. The van der Waals surface area contributed by atoms with E-state index in [1.165, 1.54) is 20.3 Å². The van der Waals surface area contributed by atoms with Crippen LogP contribution in [-0.2, 0) is 51.3 Å². The lowest BCUT2D eigenvalue weighted by Gasteiger charge is -2.18. The lowest BCUT2D eigenvalue weighted by atomic mass is 10.1. The van der Waals surface area contributed by atoms with Gasteiger partial charge in [0, 0.05) is 0 Å². The Hall–Kier alpha value is -6.90. The number of anilines is 2. The topological polar surface area (TPSA) is 166 Å². The molecule has 2 N–H and O–H groups in total. The minimum absolute atomic E-state index is 0.120. The number of para-hydroxylation sites is 4. The smallest absolute Gasteiger partial charge is 0.308 e. The van der Waals surface area contributed by atoms with E-state index in [9.17, 15) is 19.2 Å². The first-order valence-electron chi connectivity index (χ1n) is 18.8. The van der Waals surface area contributed by atoms with Crippen molar-refractivity contribution in [2.45, 2.75) is 38.3 Å². The van der Waals surface area contributed by atoms with E-state index in [1.807, 2.05) is 48.5 Å². The number of carbonyl (C=O) groups excluding carboxylic acids is 4. The number of fused-ring (bicyclic) bond motifs is 3. The predicted octanol–water partition coefficient (Wildman–Crippen LogP) is 7.18. The maximum absolute atomic E-state index is 12.7. The molecule has 0 saturated carbocycles. The molecule has 0 radical (unpaired) electrons. The molecule has 2 unspecified atom stereocenters. The maximum Gasteiger partial charge on any atom is 0.308 e. The molecule has 4 aromatic carbocycles. The molecule has 1 aliphatic heterocycles. The fraction of sp³-hybridized carbons (Fsp3) is 0.261. The van der Waals surface area contributed by atoms with Crippen molar-refractivity contribution in [2.75, 3.05) is 52.3 Å². The highest BCUT2D eigenvalue weighted by Crippen LogP contribution is 2.28. The van der Waals surface area contributed by atoms with Gasteiger partial charge in [-0.05, 0) is 82.9 Å². The molecule has 1 heterocycles. The quantitative estimate of drug-likeness (QED) is 0.0918. The van der Waals surface area contributed by atoms with Gasteiger partial charge in [0.05, 0.1) is 65.9 Å². The van der Waals surface area contributed by atoms with Gasteiger partial charge in [0.25, 0.3) is 11.8 Å². The Balaban J connectivity index is 0.000000265. The molecule has 0 spiro atoms. The molecule has 1 aliphatic rings. The second-order valence-electron chi connectivity index (χ2n) is 12.9. The van der Waals surface area contributed by atoms with E-state index >= 15 is 0 Å². The Morgan fingerprint density at radius 1 is 0.900 bits per heavy atom. The van der Waals surface area contributed by atoms with Gasteiger partial charge in [0.2, 0.25) is 0 Å². The molecule has 2 amide bonds. The highest BCUT2D eigenvalue weighted by atomic mass is 16.5. The summed E-state index contributed by atoms with van der Waals surface area (Å²) in [7, 11) is 5.73. The molecule has 0 saturated heterocycles. The average Bonchev–Trinajstić information content (AvgIpc) is 3.27. The van der Waals surface area contributed by atoms with Crippen molar-refractivity contribution >= 4 is 47.3 Å². The second kappa shape index (κ2) is 24.1. The van der Waals surface area contributed by atoms with E-state index in [2.05, 4.69) is 33.3 Å². The first kappa shape index (κ1) is 45.8. The van der Waals surface area contributed by atoms with Crippen molar-refractivity contribution in [1.29, 1.82) is 0 Å². The number of methoxy groups -OCH3 is 4. The van der Waals surface area contributed by atoms with Crippen molar-refractivity contribution in [3.63, 3.8) is 0 Å². The summed E-state index contributed by atoms with van der Waals surface area (Å²) < 4.78 is 42.9. The van der Waals surface area contributed by atoms with E-state index in [0.29, 0.717) is 41.0 Å². The fourth-order valence-corrected chi connectivity index (χ4v) is 5.59. The van der Waals surface area contributed by atoms with E-state index in [4.69, 9.17) is 28.4 Å². The Labute approximate surface area is 349 Å². The molecule has 60 heavy (non-hydrogen) atoms. The van der Waals surface area contributed by atoms with Gasteiger partial charge in [-0.3, -0.25) is 19.2 Å². The van der Waals surface area contributed by atoms with Crippen LogP contribution >= 0.6 is 0 Å². The molecule has 2 atom stereocenters. The predicted molar refractivity (Wildman–Crippen MR) is 227 cm³/mol. The molecule has 0 aromatic heterocycles. The van der Waals surface area contributed by atoms with Crippen LogP contribution in [-0.4, -0.2) is 77.6 Å². The van der Waals surface area contributed by atoms with Gasteiger partial charge in [0.15, 0.2) is 0 Å². The molecule has 14 nitrogen and oxygen atoms in total. The molecule has 14 heteroatoms. The number of nitrogens with one attached hydrogen (secondary N) is 2. The summed E-state index contributed by atoms with van der Waals surface area (Å²) >= 11 is 0. The normalized spacial score (nSPS) is 14.3. The van der Waals surface area contributed by atoms with Crippen LogP contribution in [0.1, 0.15) is 35.1 Å². The highest BCUT2D eigenvalue weighted by molar-refractivity contribution is 5.98. The van der Waals surface area contributed by atoms with Gasteiger partial charge in [-0.25, -0.2) is 0 Å². The maximum atomic E-state index is 12.7. The van der Waals surface area contributed by atoms with Gasteiger partial charge in [-0.2, -0.15) is 0 Å². The summed E-state index contributed by atoms with van der Waals surface area (Å²) in [5.41, 5.74) is 4.57. The molecule has 0 fully saturated rings. The van der Waals surface area contributed by atoms with Gasteiger partial charge >= 0.3 is 11.9 Å². The Morgan fingerprint density at radius 3 is 2.37 bits per heavy atom. The summed E-state index contributed by atoms with van der Waals surface area (Å²) in [6.07, 6.45) is 4.44. The number of esters is 2. The lowest BCUT2D eigenvalue weighted by molar-refractivity contribution is -0.147. The number of carbonyl (C=O) groups is 4. The third-order valence-electron chi connectivity index (χ3n) is 8.63. The van der Waals surface area contributed by atoms with Gasteiger partial charge < -0.3 is 48.5 Å². The second-order valence-corrected chi connectivity index (χ2v) is 12.9. The van der Waals surface area contributed by atoms with E-state index < -0.39 is 36.0 Å².